The van der Waals surface area contributed by atoms with Crippen molar-refractivity contribution in [1.29, 1.82) is 0 Å². The Balaban J connectivity index is 1.67. The van der Waals surface area contributed by atoms with E-state index in [0.717, 1.165) is 11.1 Å². The maximum Gasteiger partial charge on any atom is 0.165 e. The summed E-state index contributed by atoms with van der Waals surface area (Å²) in [5.41, 5.74) is 2.08. The minimum absolute atomic E-state index is 0.0124. The van der Waals surface area contributed by atoms with E-state index in [1.54, 1.807) is 12.1 Å². The van der Waals surface area contributed by atoms with Crippen LogP contribution >= 0.6 is 0 Å². The van der Waals surface area contributed by atoms with Gasteiger partial charge in [0.15, 0.2) is 5.78 Å². The van der Waals surface area contributed by atoms with Crippen LogP contribution in [-0.4, -0.2) is 23.1 Å². The maximum atomic E-state index is 12.8. The Bertz CT molecular complexity index is 867. The predicted molar refractivity (Wildman–Crippen MR) is 109 cm³/mol. The van der Waals surface area contributed by atoms with Crippen LogP contribution in [0.1, 0.15) is 40.7 Å². The Hall–Kier alpha value is -2.75. The first kappa shape index (κ1) is 18.6. The van der Waals surface area contributed by atoms with Crippen molar-refractivity contribution in [2.45, 2.75) is 37.1 Å². The van der Waals surface area contributed by atoms with Crippen LogP contribution in [0.3, 0.4) is 0 Å². The SMILES string of the molecule is O=C(C[C@@H]1OC(c2ccccc2)(c2ccccc2)CC[C@@H]1O)c1ccccc1. The number of carbonyl (C=O) groups is 1. The summed E-state index contributed by atoms with van der Waals surface area (Å²) < 4.78 is 6.58. The molecule has 1 aliphatic heterocycles. The molecule has 3 heteroatoms. The number of aliphatic hydroxyl groups is 1. The van der Waals surface area contributed by atoms with E-state index in [1.165, 1.54) is 0 Å². The zero-order chi connectivity index (χ0) is 19.4. The molecule has 0 bridgehead atoms. The standard InChI is InChI=1S/C25H24O3/c26-22-16-17-25(20-12-6-2-7-13-20,21-14-8-3-9-15-21)28-24(22)18-23(27)19-10-4-1-5-11-19/h1-15,22,24,26H,16-18H2/t22-,24-/m0/s1. The quantitative estimate of drug-likeness (QED) is 0.658. The van der Waals surface area contributed by atoms with Crippen molar-refractivity contribution in [1.82, 2.24) is 0 Å². The molecule has 0 radical (unpaired) electrons. The molecule has 4 rings (SSSR count). The monoisotopic (exact) mass is 372 g/mol. The van der Waals surface area contributed by atoms with Crippen LogP contribution in [0.2, 0.25) is 0 Å². The van der Waals surface area contributed by atoms with Gasteiger partial charge >= 0.3 is 0 Å². The van der Waals surface area contributed by atoms with Crippen LogP contribution in [0.25, 0.3) is 0 Å². The first-order valence-electron chi connectivity index (χ1n) is 9.74. The molecule has 1 fully saturated rings. The highest BCUT2D eigenvalue weighted by Gasteiger charge is 2.44. The van der Waals surface area contributed by atoms with Crippen molar-refractivity contribution >= 4 is 5.78 Å². The number of carbonyl (C=O) groups excluding carboxylic acids is 1. The van der Waals surface area contributed by atoms with E-state index in [4.69, 9.17) is 4.74 Å². The molecule has 28 heavy (non-hydrogen) atoms. The number of aliphatic hydroxyl groups excluding tert-OH is 1. The third-order valence-corrected chi connectivity index (χ3v) is 5.54. The third kappa shape index (κ3) is 3.64. The van der Waals surface area contributed by atoms with E-state index in [-0.39, 0.29) is 12.2 Å². The Kier molecular flexibility index (Phi) is 5.38. The summed E-state index contributed by atoms with van der Waals surface area (Å²) in [4.78, 5) is 12.8. The summed E-state index contributed by atoms with van der Waals surface area (Å²) in [6.45, 7) is 0. The van der Waals surface area contributed by atoms with Crippen molar-refractivity contribution in [3.8, 4) is 0 Å². The fraction of sp³-hybridized carbons (Fsp3) is 0.240. The number of Topliss-reactive ketones (excluding diaryl/α,β-unsaturated/α-hetero) is 1. The average Bonchev–Trinajstić information content (AvgIpc) is 2.77. The fourth-order valence-corrected chi connectivity index (χ4v) is 4.04. The van der Waals surface area contributed by atoms with E-state index < -0.39 is 17.8 Å². The largest absolute Gasteiger partial charge is 0.390 e. The molecule has 1 N–H and O–H groups in total. The number of rotatable bonds is 5. The molecule has 1 saturated heterocycles. The molecule has 1 aliphatic rings. The Morgan fingerprint density at radius 3 is 1.89 bits per heavy atom. The van der Waals surface area contributed by atoms with Gasteiger partial charge in [-0.2, -0.15) is 0 Å². The van der Waals surface area contributed by atoms with Gasteiger partial charge in [-0.15, -0.1) is 0 Å². The molecule has 0 saturated carbocycles. The molecule has 0 amide bonds. The minimum atomic E-state index is -0.663. The van der Waals surface area contributed by atoms with Gasteiger partial charge in [0.25, 0.3) is 0 Å². The Labute approximate surface area is 165 Å². The molecular formula is C25H24O3. The van der Waals surface area contributed by atoms with Gasteiger partial charge in [-0.05, 0) is 24.0 Å². The Morgan fingerprint density at radius 2 is 1.36 bits per heavy atom. The topological polar surface area (TPSA) is 46.5 Å². The summed E-state index contributed by atoms with van der Waals surface area (Å²) in [5, 5.41) is 10.6. The molecule has 0 aliphatic carbocycles. The molecule has 3 nitrogen and oxygen atoms in total. The van der Waals surface area contributed by atoms with Crippen LogP contribution in [0, 0.1) is 0 Å². The van der Waals surface area contributed by atoms with Crippen LogP contribution in [0.15, 0.2) is 91.0 Å². The van der Waals surface area contributed by atoms with Crippen LogP contribution in [0.4, 0.5) is 0 Å². The van der Waals surface area contributed by atoms with E-state index in [0.29, 0.717) is 18.4 Å². The van der Waals surface area contributed by atoms with E-state index >= 15 is 0 Å². The number of hydrogen-bond donors (Lipinski definition) is 1. The smallest absolute Gasteiger partial charge is 0.165 e. The lowest BCUT2D eigenvalue weighted by molar-refractivity contribution is -0.159. The zero-order valence-corrected chi connectivity index (χ0v) is 15.7. The lowest BCUT2D eigenvalue weighted by atomic mass is 9.78. The van der Waals surface area contributed by atoms with Gasteiger partial charge < -0.3 is 9.84 Å². The van der Waals surface area contributed by atoms with Gasteiger partial charge in [0.1, 0.15) is 5.60 Å². The second-order valence-corrected chi connectivity index (χ2v) is 7.31. The molecule has 0 aromatic heterocycles. The number of ketones is 1. The van der Waals surface area contributed by atoms with Crippen molar-refractivity contribution in [2.75, 3.05) is 0 Å². The van der Waals surface area contributed by atoms with E-state index in [9.17, 15) is 9.90 Å². The van der Waals surface area contributed by atoms with Crippen molar-refractivity contribution in [3.63, 3.8) is 0 Å². The average molecular weight is 372 g/mol. The minimum Gasteiger partial charge on any atom is -0.390 e. The lowest BCUT2D eigenvalue weighted by Crippen LogP contribution is -2.47. The molecule has 142 valence electrons. The molecular weight excluding hydrogens is 348 g/mol. The second kappa shape index (κ2) is 8.09. The van der Waals surface area contributed by atoms with Crippen LogP contribution in [-0.2, 0) is 10.3 Å². The van der Waals surface area contributed by atoms with Crippen LogP contribution in [0.5, 0.6) is 0 Å². The highest BCUT2D eigenvalue weighted by molar-refractivity contribution is 5.96. The first-order chi connectivity index (χ1) is 13.7. The molecule has 0 spiro atoms. The van der Waals surface area contributed by atoms with Gasteiger partial charge in [0.05, 0.1) is 12.2 Å². The number of hydrogen-bond acceptors (Lipinski definition) is 3. The van der Waals surface area contributed by atoms with Gasteiger partial charge in [-0.3, -0.25) is 4.79 Å². The maximum absolute atomic E-state index is 12.8. The second-order valence-electron chi connectivity index (χ2n) is 7.31. The summed E-state index contributed by atoms with van der Waals surface area (Å²) in [6.07, 6.45) is 0.191. The predicted octanol–water partition coefficient (Wildman–Crippen LogP) is 4.74. The van der Waals surface area contributed by atoms with Crippen LogP contribution < -0.4 is 0 Å². The highest BCUT2D eigenvalue weighted by Crippen LogP contribution is 2.44. The van der Waals surface area contributed by atoms with Crippen molar-refractivity contribution in [2.24, 2.45) is 0 Å². The number of ether oxygens (including phenoxy) is 1. The van der Waals surface area contributed by atoms with Gasteiger partial charge in [-0.1, -0.05) is 91.0 Å². The summed E-state index contributed by atoms with van der Waals surface area (Å²) in [6, 6.07) is 29.4. The fourth-order valence-electron chi connectivity index (χ4n) is 4.04. The molecule has 0 unspecified atom stereocenters. The van der Waals surface area contributed by atoms with Crippen molar-refractivity contribution < 1.29 is 14.6 Å². The highest BCUT2D eigenvalue weighted by atomic mass is 16.5. The third-order valence-electron chi connectivity index (χ3n) is 5.54. The van der Waals surface area contributed by atoms with E-state index in [1.807, 2.05) is 54.6 Å². The molecule has 1 heterocycles. The summed E-state index contributed by atoms with van der Waals surface area (Å²) in [7, 11) is 0. The van der Waals surface area contributed by atoms with Gasteiger partial charge in [-0.25, -0.2) is 0 Å². The Morgan fingerprint density at radius 1 is 0.857 bits per heavy atom. The van der Waals surface area contributed by atoms with Gasteiger partial charge in [0, 0.05) is 12.0 Å². The summed E-state index contributed by atoms with van der Waals surface area (Å²) in [5.74, 6) is -0.0124. The van der Waals surface area contributed by atoms with E-state index in [2.05, 4.69) is 24.3 Å². The number of benzene rings is 3. The normalized spacial score (nSPS) is 21.2. The van der Waals surface area contributed by atoms with Crippen molar-refractivity contribution in [3.05, 3.63) is 108 Å². The molecule has 2 atom stereocenters. The lowest BCUT2D eigenvalue weighted by Gasteiger charge is -2.44. The first-order valence-corrected chi connectivity index (χ1v) is 9.74. The van der Waals surface area contributed by atoms with Gasteiger partial charge in [0.2, 0.25) is 0 Å². The molecule has 3 aromatic rings. The molecule has 3 aromatic carbocycles. The summed E-state index contributed by atoms with van der Waals surface area (Å²) >= 11 is 0. The zero-order valence-electron chi connectivity index (χ0n) is 15.7.